The van der Waals surface area contributed by atoms with Crippen molar-refractivity contribution in [1.82, 2.24) is 4.90 Å². The lowest BCUT2D eigenvalue weighted by molar-refractivity contribution is -0.139. The topological polar surface area (TPSA) is 55.6 Å². The summed E-state index contributed by atoms with van der Waals surface area (Å²) >= 11 is 0. The van der Waals surface area contributed by atoms with Gasteiger partial charge in [-0.05, 0) is 37.0 Å². The molecule has 1 aromatic rings. The van der Waals surface area contributed by atoms with Crippen LogP contribution in [0.15, 0.2) is 24.3 Å². The first-order valence-corrected chi connectivity index (χ1v) is 7.41. The van der Waals surface area contributed by atoms with Crippen molar-refractivity contribution in [2.75, 3.05) is 25.5 Å². The minimum absolute atomic E-state index is 0.122. The summed E-state index contributed by atoms with van der Waals surface area (Å²) in [6, 6.07) is 7.78. The zero-order valence-corrected chi connectivity index (χ0v) is 12.2. The van der Waals surface area contributed by atoms with Crippen molar-refractivity contribution in [2.24, 2.45) is 5.92 Å². The van der Waals surface area contributed by atoms with Crippen LogP contribution in [-0.2, 0) is 16.1 Å². The summed E-state index contributed by atoms with van der Waals surface area (Å²) in [7, 11) is 0. The number of hydrogen-bond acceptors (Lipinski definition) is 3. The first-order valence-electron chi connectivity index (χ1n) is 7.41. The number of nitrogens with two attached hydrogens (primary N) is 1. The van der Waals surface area contributed by atoms with Gasteiger partial charge >= 0.3 is 0 Å². The molecule has 0 aliphatic carbocycles. The molecule has 1 amide bonds. The molecule has 1 saturated heterocycles. The molecule has 4 nitrogen and oxygen atoms in total. The molecule has 1 fully saturated rings. The highest BCUT2D eigenvalue weighted by Crippen LogP contribution is 2.20. The van der Waals surface area contributed by atoms with Crippen LogP contribution in [0.25, 0.3) is 0 Å². The lowest BCUT2D eigenvalue weighted by Crippen LogP contribution is -2.38. The number of nitrogens with zero attached hydrogens (tertiary/aromatic N) is 1. The Morgan fingerprint density at radius 3 is 2.80 bits per heavy atom. The van der Waals surface area contributed by atoms with Crippen LogP contribution in [0.4, 0.5) is 5.69 Å². The third kappa shape index (κ3) is 3.97. The lowest BCUT2D eigenvalue weighted by atomic mass is 9.98. The first-order chi connectivity index (χ1) is 9.70. The van der Waals surface area contributed by atoms with Crippen molar-refractivity contribution in [3.63, 3.8) is 0 Å². The molecule has 1 heterocycles. The van der Waals surface area contributed by atoms with E-state index in [9.17, 15) is 4.79 Å². The molecule has 0 radical (unpaired) electrons. The zero-order chi connectivity index (χ0) is 14.4. The Balaban J connectivity index is 2.03. The normalized spacial score (nSPS) is 16.1. The summed E-state index contributed by atoms with van der Waals surface area (Å²) in [5.74, 6) is 0.383. The molecule has 2 N–H and O–H groups in total. The molecule has 110 valence electrons. The SMILES string of the molecule is CCCN(Cc1cccc(N)c1)C(=O)C1CCOCC1. The molecule has 1 aliphatic rings. The van der Waals surface area contributed by atoms with E-state index < -0.39 is 0 Å². The van der Waals surface area contributed by atoms with Gasteiger partial charge in [0.2, 0.25) is 5.91 Å². The predicted molar refractivity (Wildman–Crippen MR) is 80.1 cm³/mol. The molecule has 0 spiro atoms. The standard InChI is InChI=1S/C16H24N2O2/c1-2-8-18(12-13-4-3-5-15(17)11-13)16(19)14-6-9-20-10-7-14/h3-5,11,14H,2,6-10,12,17H2,1H3. The van der Waals surface area contributed by atoms with Gasteiger partial charge in [-0.15, -0.1) is 0 Å². The number of nitrogen functional groups attached to an aromatic ring is 1. The van der Waals surface area contributed by atoms with E-state index in [1.165, 1.54) is 0 Å². The van der Waals surface area contributed by atoms with E-state index in [0.717, 1.165) is 37.1 Å². The highest BCUT2D eigenvalue weighted by molar-refractivity contribution is 5.79. The highest BCUT2D eigenvalue weighted by Gasteiger charge is 2.25. The zero-order valence-electron chi connectivity index (χ0n) is 12.2. The average molecular weight is 276 g/mol. The minimum Gasteiger partial charge on any atom is -0.399 e. The number of anilines is 1. The van der Waals surface area contributed by atoms with Gasteiger partial charge in [-0.2, -0.15) is 0 Å². The molecule has 4 heteroatoms. The van der Waals surface area contributed by atoms with Crippen molar-refractivity contribution < 1.29 is 9.53 Å². The monoisotopic (exact) mass is 276 g/mol. The van der Waals surface area contributed by atoms with Crippen LogP contribution in [0.1, 0.15) is 31.7 Å². The number of benzene rings is 1. The van der Waals surface area contributed by atoms with E-state index in [0.29, 0.717) is 19.8 Å². The third-order valence-corrected chi connectivity index (χ3v) is 3.70. The Labute approximate surface area is 120 Å². The number of amides is 1. The second kappa shape index (κ2) is 7.29. The van der Waals surface area contributed by atoms with Crippen molar-refractivity contribution >= 4 is 11.6 Å². The summed E-state index contributed by atoms with van der Waals surface area (Å²) in [5, 5.41) is 0. The average Bonchev–Trinajstić information content (AvgIpc) is 2.47. The molecule has 0 atom stereocenters. The van der Waals surface area contributed by atoms with Gasteiger partial charge in [0.05, 0.1) is 0 Å². The molecule has 0 aromatic heterocycles. The van der Waals surface area contributed by atoms with E-state index in [4.69, 9.17) is 10.5 Å². The smallest absolute Gasteiger partial charge is 0.226 e. The summed E-state index contributed by atoms with van der Waals surface area (Å²) < 4.78 is 5.34. The van der Waals surface area contributed by atoms with E-state index in [-0.39, 0.29) is 11.8 Å². The van der Waals surface area contributed by atoms with E-state index in [2.05, 4.69) is 6.92 Å². The van der Waals surface area contributed by atoms with Gasteiger partial charge in [-0.25, -0.2) is 0 Å². The van der Waals surface area contributed by atoms with Crippen molar-refractivity contribution in [2.45, 2.75) is 32.7 Å². The van der Waals surface area contributed by atoms with Crippen molar-refractivity contribution in [3.8, 4) is 0 Å². The first kappa shape index (κ1) is 14.9. The largest absolute Gasteiger partial charge is 0.399 e. The second-order valence-electron chi connectivity index (χ2n) is 5.39. The van der Waals surface area contributed by atoms with Crippen LogP contribution in [-0.4, -0.2) is 30.6 Å². The Morgan fingerprint density at radius 1 is 1.40 bits per heavy atom. The highest BCUT2D eigenvalue weighted by atomic mass is 16.5. The Kier molecular flexibility index (Phi) is 5.41. The fourth-order valence-corrected chi connectivity index (χ4v) is 2.65. The van der Waals surface area contributed by atoms with Gasteiger partial charge in [-0.3, -0.25) is 4.79 Å². The number of rotatable bonds is 5. The molecule has 2 rings (SSSR count). The molecule has 1 aliphatic heterocycles. The predicted octanol–water partition coefficient (Wildman–Crippen LogP) is 2.43. The number of hydrogen-bond donors (Lipinski definition) is 1. The van der Waals surface area contributed by atoms with Gasteiger partial charge in [0.1, 0.15) is 0 Å². The third-order valence-electron chi connectivity index (χ3n) is 3.70. The Hall–Kier alpha value is -1.55. The minimum atomic E-state index is 0.122. The van der Waals surface area contributed by atoms with Crippen LogP contribution in [0.5, 0.6) is 0 Å². The van der Waals surface area contributed by atoms with Gasteiger partial charge < -0.3 is 15.4 Å². The number of carbonyl (C=O) groups is 1. The van der Waals surface area contributed by atoms with Crippen LogP contribution < -0.4 is 5.73 Å². The van der Waals surface area contributed by atoms with Crippen molar-refractivity contribution in [1.29, 1.82) is 0 Å². The second-order valence-corrected chi connectivity index (χ2v) is 5.39. The summed E-state index contributed by atoms with van der Waals surface area (Å²) in [5.41, 5.74) is 7.65. The lowest BCUT2D eigenvalue weighted by Gasteiger charge is -2.29. The quantitative estimate of drug-likeness (QED) is 0.840. The van der Waals surface area contributed by atoms with Crippen LogP contribution >= 0.6 is 0 Å². The maximum absolute atomic E-state index is 12.6. The van der Waals surface area contributed by atoms with Gasteiger partial charge in [0, 0.05) is 37.9 Å². The summed E-state index contributed by atoms with van der Waals surface area (Å²) in [6.07, 6.45) is 2.66. The Bertz CT molecular complexity index is 442. The van der Waals surface area contributed by atoms with Gasteiger partial charge in [-0.1, -0.05) is 19.1 Å². The van der Waals surface area contributed by atoms with Gasteiger partial charge in [0.25, 0.3) is 0 Å². The van der Waals surface area contributed by atoms with Crippen LogP contribution in [0.2, 0.25) is 0 Å². The Morgan fingerprint density at radius 2 is 2.15 bits per heavy atom. The fraction of sp³-hybridized carbons (Fsp3) is 0.562. The summed E-state index contributed by atoms with van der Waals surface area (Å²) in [6.45, 7) is 4.95. The number of carbonyl (C=O) groups excluding carboxylic acids is 1. The number of ether oxygens (including phenoxy) is 1. The van der Waals surface area contributed by atoms with Crippen LogP contribution in [0, 0.1) is 5.92 Å². The fourth-order valence-electron chi connectivity index (χ4n) is 2.65. The van der Waals surface area contributed by atoms with Gasteiger partial charge in [0.15, 0.2) is 0 Å². The molecule has 20 heavy (non-hydrogen) atoms. The van der Waals surface area contributed by atoms with E-state index in [1.807, 2.05) is 29.2 Å². The molecule has 0 unspecified atom stereocenters. The van der Waals surface area contributed by atoms with Crippen molar-refractivity contribution in [3.05, 3.63) is 29.8 Å². The molecule has 0 bridgehead atoms. The molecule has 0 saturated carbocycles. The maximum Gasteiger partial charge on any atom is 0.226 e. The molecule has 1 aromatic carbocycles. The van der Waals surface area contributed by atoms with E-state index >= 15 is 0 Å². The molecular formula is C16H24N2O2. The van der Waals surface area contributed by atoms with Crippen LogP contribution in [0.3, 0.4) is 0 Å². The summed E-state index contributed by atoms with van der Waals surface area (Å²) in [4.78, 5) is 14.6. The molecular weight excluding hydrogens is 252 g/mol. The maximum atomic E-state index is 12.6. The van der Waals surface area contributed by atoms with E-state index in [1.54, 1.807) is 0 Å².